The number of rotatable bonds is 28. The first-order valence-corrected chi connectivity index (χ1v) is 21.5. The van der Waals surface area contributed by atoms with Crippen LogP contribution in [0, 0.1) is 0 Å². The van der Waals surface area contributed by atoms with Crippen LogP contribution in [0.25, 0.3) is 0 Å². The van der Waals surface area contributed by atoms with Crippen molar-refractivity contribution in [2.75, 3.05) is 31.7 Å². The lowest BCUT2D eigenvalue weighted by Gasteiger charge is -2.27. The van der Waals surface area contributed by atoms with Gasteiger partial charge in [0.25, 0.3) is 0 Å². The highest BCUT2D eigenvalue weighted by atomic mass is 32.2. The van der Waals surface area contributed by atoms with E-state index in [1.165, 1.54) is 30.8 Å². The molecule has 13 N–H and O–H groups in total. The summed E-state index contributed by atoms with van der Waals surface area (Å²) in [5.41, 5.74) is 1.20. The first kappa shape index (κ1) is 54.3. The van der Waals surface area contributed by atoms with E-state index < -0.39 is 134 Å². The Morgan fingerprint density at radius 2 is 1.14 bits per heavy atom. The molecule has 0 saturated carbocycles. The van der Waals surface area contributed by atoms with Crippen LogP contribution in [0.15, 0.2) is 54.6 Å². The zero-order chi connectivity index (χ0) is 48.6. The molecular weight excluding hydrogens is 877 g/mol. The smallest absolute Gasteiger partial charge is 0.326 e. The van der Waals surface area contributed by atoms with Crippen LogP contribution in [-0.2, 0) is 60.8 Å². The van der Waals surface area contributed by atoms with Gasteiger partial charge in [-0.05, 0) is 55.0 Å². The highest BCUT2D eigenvalue weighted by molar-refractivity contribution is 7.98. The van der Waals surface area contributed by atoms with Gasteiger partial charge >= 0.3 is 11.9 Å². The van der Waals surface area contributed by atoms with Crippen LogP contribution in [0.4, 0.5) is 0 Å². The molecule has 24 heteroatoms. The summed E-state index contributed by atoms with van der Waals surface area (Å²) >= 11 is 1.30. The molecular formula is C41H56N8O15S. The molecule has 7 atom stereocenters. The molecule has 0 aliphatic carbocycles. The van der Waals surface area contributed by atoms with Crippen LogP contribution in [0.3, 0.4) is 0 Å². The van der Waals surface area contributed by atoms with E-state index in [0.29, 0.717) is 16.9 Å². The van der Waals surface area contributed by atoms with Crippen LogP contribution >= 0.6 is 11.8 Å². The number of thioether (sulfide) groups is 1. The van der Waals surface area contributed by atoms with Crippen LogP contribution in [0.1, 0.15) is 44.2 Å². The van der Waals surface area contributed by atoms with Crippen LogP contribution in [0.5, 0.6) is 5.75 Å². The Balaban J connectivity index is 2.15. The average molecular weight is 933 g/mol. The number of benzene rings is 2. The third kappa shape index (κ3) is 20.5. The Hall–Kier alpha value is -6.79. The SMILES string of the molecule is CSCC[C@H](NC(=O)[C@H](Cc1ccccc1)NC(=O)CNC(=O)CNC(=O)[C@H](Cc1ccc(O)cc1)NC(C)=O)C(=O)N[C@H](C(=O)N[C@@H](CO)C(=O)N[C@@H](CCC(=O)O)C(=O)O)[C@@H](C)O. The minimum atomic E-state index is -1.80. The van der Waals surface area contributed by atoms with Gasteiger partial charge in [0, 0.05) is 26.2 Å². The highest BCUT2D eigenvalue weighted by Crippen LogP contribution is 2.12. The molecule has 0 spiro atoms. The van der Waals surface area contributed by atoms with Gasteiger partial charge in [-0.25, -0.2) is 4.79 Å². The first-order valence-electron chi connectivity index (χ1n) is 20.1. The Bertz CT molecular complexity index is 1970. The summed E-state index contributed by atoms with van der Waals surface area (Å²) in [4.78, 5) is 126. The van der Waals surface area contributed by atoms with Crippen molar-refractivity contribution in [1.82, 2.24) is 42.5 Å². The summed E-state index contributed by atoms with van der Waals surface area (Å²) in [6, 6.07) is 5.32. The molecule has 0 saturated heterocycles. The van der Waals surface area contributed by atoms with Gasteiger partial charge < -0.3 is 68.1 Å². The minimum absolute atomic E-state index is 0.00306. The quantitative estimate of drug-likeness (QED) is 0.0392. The molecule has 8 amide bonds. The van der Waals surface area contributed by atoms with E-state index >= 15 is 0 Å². The number of carbonyl (C=O) groups is 10. The largest absolute Gasteiger partial charge is 0.508 e. The number of nitrogens with one attached hydrogen (secondary N) is 8. The molecule has 0 aromatic heterocycles. The topological polar surface area (TPSA) is 368 Å². The van der Waals surface area contributed by atoms with Crippen molar-refractivity contribution in [3.05, 3.63) is 65.7 Å². The third-order valence-electron chi connectivity index (χ3n) is 9.26. The van der Waals surface area contributed by atoms with Gasteiger partial charge in [0.1, 0.15) is 42.0 Å². The fraction of sp³-hybridized carbons (Fsp3) is 0.463. The monoisotopic (exact) mass is 932 g/mol. The van der Waals surface area contributed by atoms with Crippen LogP contribution in [0.2, 0.25) is 0 Å². The third-order valence-corrected chi connectivity index (χ3v) is 9.90. The van der Waals surface area contributed by atoms with Gasteiger partial charge in [0.05, 0.1) is 25.8 Å². The van der Waals surface area contributed by atoms with E-state index in [2.05, 4.69) is 37.2 Å². The lowest BCUT2D eigenvalue weighted by Crippen LogP contribution is -2.62. The number of aliphatic hydroxyl groups is 2. The molecule has 0 aliphatic heterocycles. The number of hydrogen-bond donors (Lipinski definition) is 13. The van der Waals surface area contributed by atoms with E-state index in [9.17, 15) is 68.4 Å². The minimum Gasteiger partial charge on any atom is -0.508 e. The fourth-order valence-electron chi connectivity index (χ4n) is 5.85. The van der Waals surface area contributed by atoms with Crippen molar-refractivity contribution in [3.63, 3.8) is 0 Å². The zero-order valence-electron chi connectivity index (χ0n) is 35.8. The van der Waals surface area contributed by atoms with Crippen LogP contribution in [-0.4, -0.2) is 159 Å². The van der Waals surface area contributed by atoms with Crippen molar-refractivity contribution in [1.29, 1.82) is 0 Å². The number of carboxylic acids is 2. The molecule has 0 bridgehead atoms. The maximum Gasteiger partial charge on any atom is 0.326 e. The van der Waals surface area contributed by atoms with Gasteiger partial charge in [0.2, 0.25) is 47.3 Å². The van der Waals surface area contributed by atoms with E-state index in [0.717, 1.165) is 6.92 Å². The lowest BCUT2D eigenvalue weighted by molar-refractivity contribution is -0.144. The second-order valence-corrected chi connectivity index (χ2v) is 15.6. The molecule has 0 fully saturated rings. The number of aliphatic hydroxyl groups excluding tert-OH is 2. The first-order chi connectivity index (χ1) is 30.7. The second kappa shape index (κ2) is 28.1. The Morgan fingerprint density at radius 1 is 0.600 bits per heavy atom. The summed E-state index contributed by atoms with van der Waals surface area (Å²) in [5.74, 6) is -9.67. The van der Waals surface area contributed by atoms with Crippen molar-refractivity contribution in [3.8, 4) is 5.75 Å². The molecule has 2 aromatic carbocycles. The second-order valence-electron chi connectivity index (χ2n) is 14.6. The maximum atomic E-state index is 13.8. The maximum absolute atomic E-state index is 13.8. The number of aromatic hydroxyl groups is 1. The Labute approximate surface area is 377 Å². The summed E-state index contributed by atoms with van der Waals surface area (Å²) in [6.07, 6.45) is -1.11. The van der Waals surface area contributed by atoms with E-state index in [-0.39, 0.29) is 25.0 Å². The summed E-state index contributed by atoms with van der Waals surface area (Å²) in [5, 5.41) is 66.8. The summed E-state index contributed by atoms with van der Waals surface area (Å²) < 4.78 is 0. The number of aliphatic carboxylic acids is 2. The molecule has 356 valence electrons. The van der Waals surface area contributed by atoms with Crippen molar-refractivity contribution >= 4 is 71.0 Å². The normalized spacial score (nSPS) is 14.0. The van der Waals surface area contributed by atoms with Crippen molar-refractivity contribution < 1.29 is 73.5 Å². The number of amides is 8. The van der Waals surface area contributed by atoms with Crippen LogP contribution < -0.4 is 42.5 Å². The molecule has 0 radical (unpaired) electrons. The van der Waals surface area contributed by atoms with Crippen molar-refractivity contribution in [2.24, 2.45) is 0 Å². The molecule has 0 aliphatic rings. The van der Waals surface area contributed by atoms with Gasteiger partial charge in [-0.1, -0.05) is 42.5 Å². The average Bonchev–Trinajstić information content (AvgIpc) is 3.25. The van der Waals surface area contributed by atoms with E-state index in [4.69, 9.17) is 5.11 Å². The predicted molar refractivity (Wildman–Crippen MR) is 232 cm³/mol. The predicted octanol–water partition coefficient (Wildman–Crippen LogP) is -3.59. The molecule has 0 heterocycles. The standard InChI is InChI=1S/C41H56N8O15S/c1-22(51)35(40(62)48-31(21-50)39(61)47-28(41(63)64)13-14-34(56)57)49-37(59)27(15-16-65-3)46-38(60)30(17-24-7-5-4-6-8-24)45-33(55)20-42-32(54)19-43-36(58)29(44-23(2)52)18-25-9-11-26(53)12-10-25/h4-12,22,27-31,35,50-51,53H,13-21H2,1-3H3,(H,42,54)(H,43,58)(H,44,52)(H,45,55)(H,46,60)(H,47,61)(H,48,62)(H,49,59)(H,56,57)(H,63,64)/t22-,27+,28+,29+,30+,31+,35+/m1/s1. The number of phenols is 1. The van der Waals surface area contributed by atoms with E-state index in [1.807, 2.05) is 5.32 Å². The molecule has 65 heavy (non-hydrogen) atoms. The van der Waals surface area contributed by atoms with Gasteiger partial charge in [0.15, 0.2) is 0 Å². The number of hydrogen-bond acceptors (Lipinski definition) is 14. The Morgan fingerprint density at radius 3 is 1.69 bits per heavy atom. The zero-order valence-corrected chi connectivity index (χ0v) is 36.6. The van der Waals surface area contributed by atoms with Gasteiger partial charge in [-0.3, -0.25) is 43.2 Å². The molecule has 23 nitrogen and oxygen atoms in total. The van der Waals surface area contributed by atoms with Gasteiger partial charge in [-0.15, -0.1) is 0 Å². The Kier molecular flexibility index (Phi) is 23.5. The molecule has 2 rings (SSSR count). The van der Waals surface area contributed by atoms with Crippen molar-refractivity contribution in [2.45, 2.75) is 88.3 Å². The number of phenolic OH excluding ortho intramolecular Hbond substituents is 1. The summed E-state index contributed by atoms with van der Waals surface area (Å²) in [7, 11) is 0. The van der Waals surface area contributed by atoms with Gasteiger partial charge in [-0.2, -0.15) is 11.8 Å². The fourth-order valence-corrected chi connectivity index (χ4v) is 6.32. The number of carbonyl (C=O) groups excluding carboxylic acids is 8. The highest BCUT2D eigenvalue weighted by Gasteiger charge is 2.34. The lowest BCUT2D eigenvalue weighted by atomic mass is 10.0. The number of carboxylic acid groups (broad SMARTS) is 2. The molecule has 2 aromatic rings. The van der Waals surface area contributed by atoms with E-state index in [1.54, 1.807) is 48.7 Å². The molecule has 0 unspecified atom stereocenters. The summed E-state index contributed by atoms with van der Waals surface area (Å²) in [6.45, 7) is 0.0389.